The van der Waals surface area contributed by atoms with Gasteiger partial charge < -0.3 is 15.1 Å². The molecule has 0 bridgehead atoms. The van der Waals surface area contributed by atoms with Crippen LogP contribution < -0.4 is 15.1 Å². The van der Waals surface area contributed by atoms with E-state index in [9.17, 15) is 4.79 Å². The number of amides is 1. The van der Waals surface area contributed by atoms with Crippen LogP contribution in [0.15, 0.2) is 24.7 Å². The summed E-state index contributed by atoms with van der Waals surface area (Å²) in [7, 11) is 3.80. The van der Waals surface area contributed by atoms with E-state index in [-0.39, 0.29) is 12.5 Å². The number of rotatable bonds is 5. The van der Waals surface area contributed by atoms with Crippen LogP contribution in [0.3, 0.4) is 0 Å². The molecular weight excluding hydrogens is 294 g/mol. The van der Waals surface area contributed by atoms with Crippen LogP contribution in [-0.2, 0) is 11.3 Å². The Morgan fingerprint density at radius 2 is 2.13 bits per heavy atom. The van der Waals surface area contributed by atoms with E-state index in [1.807, 2.05) is 19.0 Å². The quantitative estimate of drug-likeness (QED) is 0.886. The Morgan fingerprint density at radius 1 is 1.35 bits per heavy atom. The van der Waals surface area contributed by atoms with Gasteiger partial charge in [0, 0.05) is 39.6 Å². The van der Waals surface area contributed by atoms with Crippen molar-refractivity contribution >= 4 is 23.4 Å². The molecule has 1 amide bonds. The number of nitrogens with zero attached hydrogens (tertiary/aromatic N) is 6. The minimum Gasteiger partial charge on any atom is -0.361 e. The second-order valence-electron chi connectivity index (χ2n) is 5.75. The lowest BCUT2D eigenvalue weighted by Crippen LogP contribution is -2.25. The molecule has 0 radical (unpaired) electrons. The number of hydrogen-bond acceptors (Lipinski definition) is 6. The number of nitrogens with one attached hydrogen (secondary N) is 1. The van der Waals surface area contributed by atoms with Gasteiger partial charge in [-0.15, -0.1) is 0 Å². The molecule has 1 aliphatic heterocycles. The summed E-state index contributed by atoms with van der Waals surface area (Å²) in [6.45, 7) is 2.13. The Bertz CT molecular complexity index is 662. The summed E-state index contributed by atoms with van der Waals surface area (Å²) in [5.41, 5.74) is 0.607. The second kappa shape index (κ2) is 6.64. The van der Waals surface area contributed by atoms with Crippen LogP contribution in [0.1, 0.15) is 12.8 Å². The normalized spacial score (nSPS) is 14.1. The molecule has 3 heterocycles. The van der Waals surface area contributed by atoms with E-state index in [0.29, 0.717) is 11.5 Å². The molecule has 0 atom stereocenters. The number of hydrogen-bond donors (Lipinski definition) is 1. The first-order valence-corrected chi connectivity index (χ1v) is 7.70. The van der Waals surface area contributed by atoms with Crippen molar-refractivity contribution < 1.29 is 4.79 Å². The number of carbonyl (C=O) groups is 1. The van der Waals surface area contributed by atoms with Crippen LogP contribution in [-0.4, -0.2) is 52.8 Å². The van der Waals surface area contributed by atoms with Crippen molar-refractivity contribution in [1.29, 1.82) is 0 Å². The van der Waals surface area contributed by atoms with Gasteiger partial charge in [0.05, 0.1) is 6.20 Å². The lowest BCUT2D eigenvalue weighted by Gasteiger charge is -2.21. The highest BCUT2D eigenvalue weighted by molar-refractivity contribution is 5.93. The van der Waals surface area contributed by atoms with E-state index < -0.39 is 0 Å². The maximum atomic E-state index is 12.1. The largest absolute Gasteiger partial charge is 0.361 e. The van der Waals surface area contributed by atoms with Crippen molar-refractivity contribution in [3.63, 3.8) is 0 Å². The number of aromatic nitrogens is 4. The molecule has 8 heteroatoms. The summed E-state index contributed by atoms with van der Waals surface area (Å²) in [6, 6.07) is 1.78. The van der Waals surface area contributed by atoms with Crippen molar-refractivity contribution in [1.82, 2.24) is 19.7 Å². The molecule has 0 aromatic carbocycles. The van der Waals surface area contributed by atoms with E-state index in [4.69, 9.17) is 0 Å². The van der Waals surface area contributed by atoms with Gasteiger partial charge in [-0.2, -0.15) is 10.1 Å². The van der Waals surface area contributed by atoms with Crippen LogP contribution in [0.2, 0.25) is 0 Å². The molecule has 3 rings (SSSR count). The third kappa shape index (κ3) is 3.58. The zero-order chi connectivity index (χ0) is 16.2. The smallest absolute Gasteiger partial charge is 0.246 e. The third-order valence-electron chi connectivity index (χ3n) is 3.71. The van der Waals surface area contributed by atoms with Gasteiger partial charge in [0.25, 0.3) is 0 Å². The van der Waals surface area contributed by atoms with E-state index in [2.05, 4.69) is 25.3 Å². The van der Waals surface area contributed by atoms with Crippen molar-refractivity contribution in [3.8, 4) is 0 Å². The minimum absolute atomic E-state index is 0.158. The topological polar surface area (TPSA) is 79.2 Å². The first-order valence-electron chi connectivity index (χ1n) is 7.70. The summed E-state index contributed by atoms with van der Waals surface area (Å²) in [5.74, 6) is 1.27. The van der Waals surface area contributed by atoms with Gasteiger partial charge in [0.2, 0.25) is 11.9 Å². The first-order chi connectivity index (χ1) is 11.1. The Morgan fingerprint density at radius 3 is 2.78 bits per heavy atom. The highest BCUT2D eigenvalue weighted by Gasteiger charge is 2.18. The summed E-state index contributed by atoms with van der Waals surface area (Å²) in [6.07, 6.45) is 7.41. The molecule has 1 aliphatic rings. The number of anilines is 3. The van der Waals surface area contributed by atoms with Gasteiger partial charge in [0.15, 0.2) is 5.82 Å². The summed E-state index contributed by atoms with van der Waals surface area (Å²) in [4.78, 5) is 25.2. The zero-order valence-corrected chi connectivity index (χ0v) is 13.4. The van der Waals surface area contributed by atoms with Gasteiger partial charge >= 0.3 is 0 Å². The maximum Gasteiger partial charge on any atom is 0.246 e. The summed E-state index contributed by atoms with van der Waals surface area (Å²) in [5, 5.41) is 6.89. The Labute approximate surface area is 135 Å². The molecule has 0 unspecified atom stereocenters. The van der Waals surface area contributed by atoms with E-state index in [0.717, 1.165) is 19.0 Å². The monoisotopic (exact) mass is 315 g/mol. The zero-order valence-electron chi connectivity index (χ0n) is 13.4. The van der Waals surface area contributed by atoms with Gasteiger partial charge in [-0.1, -0.05) is 0 Å². The molecule has 0 saturated carbocycles. The molecule has 0 spiro atoms. The SMILES string of the molecule is CN(C)c1nc(N2CCCC2)ncc1NC(=O)Cn1cccn1. The molecule has 1 saturated heterocycles. The maximum absolute atomic E-state index is 12.1. The van der Waals surface area contributed by atoms with Crippen LogP contribution >= 0.6 is 0 Å². The molecule has 0 aliphatic carbocycles. The van der Waals surface area contributed by atoms with Crippen molar-refractivity contribution in [3.05, 3.63) is 24.7 Å². The summed E-state index contributed by atoms with van der Waals surface area (Å²) >= 11 is 0. The van der Waals surface area contributed by atoms with Crippen LogP contribution in [0.4, 0.5) is 17.5 Å². The molecule has 1 fully saturated rings. The fourth-order valence-corrected chi connectivity index (χ4v) is 2.59. The van der Waals surface area contributed by atoms with E-state index in [1.165, 1.54) is 12.8 Å². The Hall–Kier alpha value is -2.64. The summed E-state index contributed by atoms with van der Waals surface area (Å²) < 4.78 is 1.57. The predicted octanol–water partition coefficient (Wildman–Crippen LogP) is 0.978. The molecule has 2 aromatic rings. The van der Waals surface area contributed by atoms with Crippen LogP contribution in [0, 0.1) is 0 Å². The van der Waals surface area contributed by atoms with Gasteiger partial charge in [-0.25, -0.2) is 4.98 Å². The molecular formula is C15H21N7O. The van der Waals surface area contributed by atoms with Gasteiger partial charge in [-0.3, -0.25) is 9.48 Å². The van der Waals surface area contributed by atoms with Crippen molar-refractivity contribution in [2.75, 3.05) is 42.3 Å². The average Bonchev–Trinajstić information content (AvgIpc) is 3.20. The Kier molecular flexibility index (Phi) is 4.40. The van der Waals surface area contributed by atoms with Gasteiger partial charge in [-0.05, 0) is 18.9 Å². The molecule has 23 heavy (non-hydrogen) atoms. The average molecular weight is 315 g/mol. The molecule has 1 N–H and O–H groups in total. The lowest BCUT2D eigenvalue weighted by atomic mass is 10.4. The fraction of sp³-hybridized carbons (Fsp3) is 0.467. The lowest BCUT2D eigenvalue weighted by molar-refractivity contribution is -0.116. The third-order valence-corrected chi connectivity index (χ3v) is 3.71. The fourth-order valence-electron chi connectivity index (χ4n) is 2.59. The molecule has 2 aromatic heterocycles. The highest BCUT2D eigenvalue weighted by Crippen LogP contribution is 2.25. The van der Waals surface area contributed by atoms with Gasteiger partial charge in [0.1, 0.15) is 12.2 Å². The van der Waals surface area contributed by atoms with E-state index in [1.54, 1.807) is 29.3 Å². The Balaban J connectivity index is 1.76. The van der Waals surface area contributed by atoms with Crippen LogP contribution in [0.5, 0.6) is 0 Å². The van der Waals surface area contributed by atoms with Crippen molar-refractivity contribution in [2.45, 2.75) is 19.4 Å². The number of carbonyl (C=O) groups excluding carboxylic acids is 1. The standard InChI is InChI=1S/C15H21N7O/c1-20(2)14-12(18-13(23)11-22-9-5-6-17-22)10-16-15(19-14)21-7-3-4-8-21/h5-6,9-10H,3-4,7-8,11H2,1-2H3,(H,18,23). The highest BCUT2D eigenvalue weighted by atomic mass is 16.2. The van der Waals surface area contributed by atoms with Crippen molar-refractivity contribution in [2.24, 2.45) is 0 Å². The second-order valence-corrected chi connectivity index (χ2v) is 5.75. The van der Waals surface area contributed by atoms with E-state index >= 15 is 0 Å². The van der Waals surface area contributed by atoms with Crippen LogP contribution in [0.25, 0.3) is 0 Å². The molecule has 8 nitrogen and oxygen atoms in total. The minimum atomic E-state index is -0.158. The first kappa shape index (κ1) is 15.3. The predicted molar refractivity (Wildman–Crippen MR) is 88.7 cm³/mol. The molecule has 122 valence electrons.